The number of halogens is 3. The molecule has 1 aliphatic rings. The number of allylic oxidation sites excluding steroid dienone is 1. The Morgan fingerprint density at radius 1 is 1.11 bits per heavy atom. The SMILES string of the molecule is C=CCc1cc(/C=C2/SC(=S)N(c3ccc(Cl)cc3Cl)C2=O)cc(OCC)c1OCc1ccc(Br)cc1. The van der Waals surface area contributed by atoms with Gasteiger partial charge in [-0.15, -0.1) is 6.58 Å². The molecule has 1 amide bonds. The number of thiocarbonyl (C=S) groups is 1. The van der Waals surface area contributed by atoms with E-state index >= 15 is 0 Å². The van der Waals surface area contributed by atoms with Gasteiger partial charge in [0.15, 0.2) is 15.8 Å². The Bertz CT molecular complexity index is 1390. The van der Waals surface area contributed by atoms with Crippen LogP contribution in [0.1, 0.15) is 23.6 Å². The van der Waals surface area contributed by atoms with Crippen LogP contribution in [0.25, 0.3) is 6.08 Å². The highest BCUT2D eigenvalue weighted by molar-refractivity contribution is 9.10. The summed E-state index contributed by atoms with van der Waals surface area (Å²) in [5, 5.41) is 0.833. The molecule has 0 spiro atoms. The number of hydrogen-bond donors (Lipinski definition) is 0. The number of benzene rings is 3. The Kier molecular flexibility index (Phi) is 9.37. The lowest BCUT2D eigenvalue weighted by Gasteiger charge is -2.17. The molecule has 4 rings (SSSR count). The third kappa shape index (κ3) is 6.59. The average molecular weight is 635 g/mol. The van der Waals surface area contributed by atoms with E-state index in [0.29, 0.717) is 56.1 Å². The van der Waals surface area contributed by atoms with Crippen LogP contribution in [-0.2, 0) is 17.8 Å². The predicted octanol–water partition coefficient (Wildman–Crippen LogP) is 8.87. The molecular weight excluding hydrogens is 613 g/mol. The molecule has 9 heteroatoms. The summed E-state index contributed by atoms with van der Waals surface area (Å²) in [6.45, 7) is 6.66. The van der Waals surface area contributed by atoms with Gasteiger partial charge in [0, 0.05) is 15.1 Å². The van der Waals surface area contributed by atoms with Gasteiger partial charge in [0.1, 0.15) is 6.61 Å². The molecule has 1 heterocycles. The van der Waals surface area contributed by atoms with Crippen molar-refractivity contribution in [3.8, 4) is 11.5 Å². The number of nitrogens with zero attached hydrogens (tertiary/aromatic N) is 1. The zero-order valence-corrected chi connectivity index (χ0v) is 24.5. The number of carbonyl (C=O) groups excluding carboxylic acids is 1. The Balaban J connectivity index is 1.67. The van der Waals surface area contributed by atoms with E-state index in [9.17, 15) is 4.79 Å². The topological polar surface area (TPSA) is 38.8 Å². The molecule has 3 aromatic rings. The molecule has 190 valence electrons. The fourth-order valence-corrected chi connectivity index (χ4v) is 5.77. The van der Waals surface area contributed by atoms with Crippen LogP contribution in [0.5, 0.6) is 11.5 Å². The van der Waals surface area contributed by atoms with Gasteiger partial charge in [-0.05, 0) is 73.0 Å². The van der Waals surface area contributed by atoms with Gasteiger partial charge < -0.3 is 9.47 Å². The van der Waals surface area contributed by atoms with Crippen molar-refractivity contribution in [1.29, 1.82) is 0 Å². The van der Waals surface area contributed by atoms with Crippen LogP contribution in [0.4, 0.5) is 5.69 Å². The minimum atomic E-state index is -0.252. The van der Waals surface area contributed by atoms with E-state index in [1.54, 1.807) is 24.3 Å². The van der Waals surface area contributed by atoms with E-state index in [1.807, 2.05) is 49.4 Å². The fraction of sp³-hybridized carbons (Fsp3) is 0.143. The highest BCUT2D eigenvalue weighted by Crippen LogP contribution is 2.41. The smallest absolute Gasteiger partial charge is 0.270 e. The molecule has 0 saturated carbocycles. The van der Waals surface area contributed by atoms with Crippen LogP contribution < -0.4 is 14.4 Å². The minimum Gasteiger partial charge on any atom is -0.490 e. The summed E-state index contributed by atoms with van der Waals surface area (Å²) in [5.41, 5.74) is 3.22. The first-order valence-corrected chi connectivity index (χ1v) is 14.1. The van der Waals surface area contributed by atoms with Crippen LogP contribution in [0.15, 0.2) is 76.6 Å². The number of anilines is 1. The summed E-state index contributed by atoms with van der Waals surface area (Å²) in [6, 6.07) is 16.7. The van der Waals surface area contributed by atoms with Crippen LogP contribution in [0.3, 0.4) is 0 Å². The van der Waals surface area contributed by atoms with Gasteiger partial charge in [-0.1, -0.05) is 81.3 Å². The Labute approximate surface area is 244 Å². The van der Waals surface area contributed by atoms with Gasteiger partial charge >= 0.3 is 0 Å². The summed E-state index contributed by atoms with van der Waals surface area (Å²) in [6.07, 6.45) is 4.18. The van der Waals surface area contributed by atoms with Gasteiger partial charge in [0.25, 0.3) is 5.91 Å². The Morgan fingerprint density at radius 2 is 1.86 bits per heavy atom. The van der Waals surface area contributed by atoms with Crippen LogP contribution in [-0.4, -0.2) is 16.8 Å². The molecule has 4 nitrogen and oxygen atoms in total. The van der Waals surface area contributed by atoms with E-state index in [4.69, 9.17) is 44.9 Å². The molecule has 0 aromatic heterocycles. The molecule has 37 heavy (non-hydrogen) atoms. The molecule has 1 aliphatic heterocycles. The van der Waals surface area contributed by atoms with E-state index in [2.05, 4.69) is 22.5 Å². The largest absolute Gasteiger partial charge is 0.490 e. The fourth-order valence-electron chi connectivity index (χ4n) is 3.73. The first-order chi connectivity index (χ1) is 17.8. The number of thioether (sulfide) groups is 1. The molecule has 1 saturated heterocycles. The highest BCUT2D eigenvalue weighted by atomic mass is 79.9. The average Bonchev–Trinajstić information content (AvgIpc) is 3.12. The molecule has 1 fully saturated rings. The molecule has 0 N–H and O–H groups in total. The zero-order valence-electron chi connectivity index (χ0n) is 19.8. The van der Waals surface area contributed by atoms with Crippen molar-refractivity contribution in [2.24, 2.45) is 0 Å². The Hall–Kier alpha value is -2.29. The van der Waals surface area contributed by atoms with Crippen molar-refractivity contribution in [2.75, 3.05) is 11.5 Å². The second-order valence-corrected chi connectivity index (χ2v) is 11.4. The van der Waals surface area contributed by atoms with E-state index in [0.717, 1.165) is 21.2 Å². The van der Waals surface area contributed by atoms with E-state index < -0.39 is 0 Å². The lowest BCUT2D eigenvalue weighted by Crippen LogP contribution is -2.27. The standard InChI is InChI=1S/C28H22BrCl2NO3S2/c1-3-5-19-12-18(13-24(34-4-2)26(19)35-16-17-6-8-20(29)9-7-17)14-25-27(33)32(28(36)37-25)23-11-10-21(30)15-22(23)31/h3,6-15H,1,4-5,16H2,2H3/b25-14+. The summed E-state index contributed by atoms with van der Waals surface area (Å²) < 4.78 is 13.6. The quantitative estimate of drug-likeness (QED) is 0.134. The van der Waals surface area contributed by atoms with E-state index in [1.165, 1.54) is 16.7 Å². The van der Waals surface area contributed by atoms with Crippen molar-refractivity contribution in [3.05, 3.63) is 103 Å². The molecule has 0 radical (unpaired) electrons. The van der Waals surface area contributed by atoms with Crippen molar-refractivity contribution in [2.45, 2.75) is 20.0 Å². The predicted molar refractivity (Wildman–Crippen MR) is 162 cm³/mol. The lowest BCUT2D eigenvalue weighted by atomic mass is 10.0. The summed E-state index contributed by atoms with van der Waals surface area (Å²) >= 11 is 22.5. The minimum absolute atomic E-state index is 0.252. The maximum Gasteiger partial charge on any atom is 0.270 e. The van der Waals surface area contributed by atoms with Crippen LogP contribution in [0, 0.1) is 0 Å². The first kappa shape index (κ1) is 27.7. The van der Waals surface area contributed by atoms with Gasteiger partial charge in [-0.2, -0.15) is 0 Å². The lowest BCUT2D eigenvalue weighted by molar-refractivity contribution is -0.113. The molecule has 0 bridgehead atoms. The van der Waals surface area contributed by atoms with Crippen molar-refractivity contribution < 1.29 is 14.3 Å². The van der Waals surface area contributed by atoms with Crippen molar-refractivity contribution >= 4 is 85.1 Å². The zero-order chi connectivity index (χ0) is 26.5. The second kappa shape index (κ2) is 12.5. The Morgan fingerprint density at radius 3 is 2.54 bits per heavy atom. The van der Waals surface area contributed by atoms with Gasteiger partial charge in [0.05, 0.1) is 22.2 Å². The summed E-state index contributed by atoms with van der Waals surface area (Å²) in [7, 11) is 0. The van der Waals surface area contributed by atoms with Crippen LogP contribution >= 0.6 is 63.1 Å². The molecule has 0 atom stereocenters. The highest BCUT2D eigenvalue weighted by Gasteiger charge is 2.34. The number of carbonyl (C=O) groups is 1. The van der Waals surface area contributed by atoms with E-state index in [-0.39, 0.29) is 5.91 Å². The van der Waals surface area contributed by atoms with Crippen LogP contribution in [0.2, 0.25) is 10.0 Å². The second-order valence-electron chi connectivity index (χ2n) is 7.96. The normalized spacial score (nSPS) is 14.4. The van der Waals surface area contributed by atoms with Gasteiger partial charge in [0.2, 0.25) is 0 Å². The third-order valence-corrected chi connectivity index (χ3v) is 7.73. The van der Waals surface area contributed by atoms with Gasteiger partial charge in [-0.3, -0.25) is 9.69 Å². The number of amides is 1. The molecular formula is C28H22BrCl2NO3S2. The molecule has 0 unspecified atom stereocenters. The summed E-state index contributed by atoms with van der Waals surface area (Å²) in [5.74, 6) is 1.00. The maximum absolute atomic E-state index is 13.3. The van der Waals surface area contributed by atoms with Crippen molar-refractivity contribution in [3.63, 3.8) is 0 Å². The monoisotopic (exact) mass is 633 g/mol. The summed E-state index contributed by atoms with van der Waals surface area (Å²) in [4.78, 5) is 15.2. The number of ether oxygens (including phenoxy) is 2. The van der Waals surface area contributed by atoms with Crippen molar-refractivity contribution in [1.82, 2.24) is 0 Å². The molecule has 3 aromatic carbocycles. The third-order valence-electron chi connectivity index (χ3n) is 5.36. The first-order valence-electron chi connectivity index (χ1n) is 11.3. The molecule has 0 aliphatic carbocycles. The van der Waals surface area contributed by atoms with Gasteiger partial charge in [-0.25, -0.2) is 0 Å². The number of hydrogen-bond acceptors (Lipinski definition) is 5. The maximum atomic E-state index is 13.3. The number of rotatable bonds is 9.